The molecule has 0 aromatic carbocycles. The standard InChI is InChI=1S/C5H10ClI/c6-7-4-2-1-3-5-7/h1-5H2. The van der Waals surface area contributed by atoms with Crippen molar-refractivity contribution in [3.8, 4) is 0 Å². The summed E-state index contributed by atoms with van der Waals surface area (Å²) < 4.78 is 2.82. The zero-order chi connectivity index (χ0) is 5.11. The number of hydrogen-bond donors (Lipinski definition) is 0. The Hall–Kier alpha value is 1.02. The molecule has 0 aromatic heterocycles. The van der Waals surface area contributed by atoms with Crippen molar-refractivity contribution in [2.24, 2.45) is 0 Å². The van der Waals surface area contributed by atoms with Crippen molar-refractivity contribution in [3.63, 3.8) is 0 Å². The fourth-order valence-corrected chi connectivity index (χ4v) is 5.38. The Labute approximate surface area is 55.7 Å². The maximum atomic E-state index is 5.97. The molecule has 1 rings (SSSR count). The van der Waals surface area contributed by atoms with Gasteiger partial charge in [0.15, 0.2) is 0 Å². The molecule has 1 fully saturated rings. The van der Waals surface area contributed by atoms with Crippen LogP contribution in [0, 0.1) is 0 Å². The van der Waals surface area contributed by atoms with E-state index < -0.39 is 18.7 Å². The Morgan fingerprint density at radius 2 is 1.57 bits per heavy atom. The molecule has 0 bridgehead atoms. The van der Waals surface area contributed by atoms with E-state index in [1.807, 2.05) is 0 Å². The van der Waals surface area contributed by atoms with E-state index in [2.05, 4.69) is 0 Å². The van der Waals surface area contributed by atoms with Crippen molar-refractivity contribution in [1.82, 2.24) is 0 Å². The van der Waals surface area contributed by atoms with Gasteiger partial charge in [-0.1, -0.05) is 0 Å². The first-order valence-electron chi connectivity index (χ1n) is 2.68. The van der Waals surface area contributed by atoms with Gasteiger partial charge in [-0.2, -0.15) is 0 Å². The third kappa shape index (κ3) is 2.17. The van der Waals surface area contributed by atoms with Gasteiger partial charge in [0.2, 0.25) is 0 Å². The first-order chi connectivity index (χ1) is 3.39. The van der Waals surface area contributed by atoms with Gasteiger partial charge in [-0.25, -0.2) is 0 Å². The van der Waals surface area contributed by atoms with Gasteiger partial charge in [0, 0.05) is 0 Å². The summed E-state index contributed by atoms with van der Waals surface area (Å²) in [6.45, 7) is 0. The van der Waals surface area contributed by atoms with Crippen LogP contribution in [0.1, 0.15) is 19.3 Å². The molecule has 1 aliphatic heterocycles. The van der Waals surface area contributed by atoms with Crippen molar-refractivity contribution in [1.29, 1.82) is 0 Å². The second kappa shape index (κ2) is 3.13. The zero-order valence-corrected chi connectivity index (χ0v) is 7.20. The van der Waals surface area contributed by atoms with E-state index in [-0.39, 0.29) is 0 Å². The van der Waals surface area contributed by atoms with Gasteiger partial charge in [0.25, 0.3) is 0 Å². The fourth-order valence-electron chi connectivity index (χ4n) is 0.750. The van der Waals surface area contributed by atoms with Gasteiger partial charge in [-0.15, -0.1) is 0 Å². The molecule has 0 aliphatic carbocycles. The Morgan fingerprint density at radius 1 is 1.00 bits per heavy atom. The predicted octanol–water partition coefficient (Wildman–Crippen LogP) is 2.83. The molecule has 2 heteroatoms. The van der Waals surface area contributed by atoms with Crippen molar-refractivity contribution in [2.45, 2.75) is 19.3 Å². The van der Waals surface area contributed by atoms with Crippen LogP contribution in [-0.2, 0) is 0 Å². The van der Waals surface area contributed by atoms with Crippen LogP contribution in [0.25, 0.3) is 0 Å². The molecule has 0 aromatic rings. The zero-order valence-electron chi connectivity index (χ0n) is 4.29. The summed E-state index contributed by atoms with van der Waals surface area (Å²) in [6.07, 6.45) is 4.30. The maximum absolute atomic E-state index is 5.97. The Balaban J connectivity index is 2.12. The van der Waals surface area contributed by atoms with Crippen molar-refractivity contribution in [3.05, 3.63) is 0 Å². The second-order valence-corrected chi connectivity index (χ2v) is 8.93. The molecule has 0 saturated carbocycles. The summed E-state index contributed by atoms with van der Waals surface area (Å²) in [5, 5.41) is 0. The summed E-state index contributed by atoms with van der Waals surface area (Å²) >= 11 is -0.767. The minimum atomic E-state index is -0.767. The normalized spacial score (nSPS) is 27.9. The van der Waals surface area contributed by atoms with Crippen molar-refractivity contribution in [2.75, 3.05) is 8.86 Å². The van der Waals surface area contributed by atoms with Crippen LogP contribution in [0.3, 0.4) is 0 Å². The van der Waals surface area contributed by atoms with E-state index in [9.17, 15) is 0 Å². The molecule has 0 nitrogen and oxygen atoms in total. The first kappa shape index (κ1) is 6.14. The van der Waals surface area contributed by atoms with E-state index in [0.717, 1.165) is 0 Å². The molecule has 1 heterocycles. The quantitative estimate of drug-likeness (QED) is 0.445. The van der Waals surface area contributed by atoms with Gasteiger partial charge in [0.05, 0.1) is 0 Å². The monoisotopic (exact) mass is 232 g/mol. The van der Waals surface area contributed by atoms with Crippen LogP contribution < -0.4 is 0 Å². The third-order valence-corrected chi connectivity index (χ3v) is 6.96. The van der Waals surface area contributed by atoms with Gasteiger partial charge in [-0.3, -0.25) is 0 Å². The number of rotatable bonds is 0. The molecule has 0 amide bonds. The molecule has 1 aliphatic rings. The van der Waals surface area contributed by atoms with Crippen molar-refractivity contribution >= 4 is 27.6 Å². The van der Waals surface area contributed by atoms with Gasteiger partial charge < -0.3 is 0 Å². The molecule has 0 atom stereocenters. The molecule has 1 saturated heterocycles. The van der Waals surface area contributed by atoms with Gasteiger partial charge >= 0.3 is 55.7 Å². The summed E-state index contributed by atoms with van der Waals surface area (Å²) in [6, 6.07) is 0. The number of halogens is 2. The molecule has 0 spiro atoms. The topological polar surface area (TPSA) is 0 Å². The predicted molar refractivity (Wildman–Crippen MR) is 43.5 cm³/mol. The van der Waals surface area contributed by atoms with E-state index in [0.29, 0.717) is 0 Å². The van der Waals surface area contributed by atoms with Crippen LogP contribution in [0.2, 0.25) is 0 Å². The second-order valence-electron chi connectivity index (χ2n) is 1.83. The Kier molecular flexibility index (Phi) is 2.74. The third-order valence-electron chi connectivity index (χ3n) is 1.18. The van der Waals surface area contributed by atoms with Gasteiger partial charge in [-0.05, 0) is 0 Å². The summed E-state index contributed by atoms with van der Waals surface area (Å²) in [4.78, 5) is 0. The minimum absolute atomic E-state index is 0.767. The first-order valence-corrected chi connectivity index (χ1v) is 8.46. The molecule has 0 N–H and O–H groups in total. The Morgan fingerprint density at radius 3 is 1.86 bits per heavy atom. The average Bonchev–Trinajstić information content (AvgIpc) is 1.69. The summed E-state index contributed by atoms with van der Waals surface area (Å²) in [5.74, 6) is 0. The van der Waals surface area contributed by atoms with Crippen LogP contribution in [0.15, 0.2) is 0 Å². The van der Waals surface area contributed by atoms with E-state index >= 15 is 0 Å². The molecule has 0 radical (unpaired) electrons. The van der Waals surface area contributed by atoms with Crippen LogP contribution >= 0.6 is 27.6 Å². The Bertz CT molecular complexity index is 50.0. The van der Waals surface area contributed by atoms with E-state index in [1.54, 1.807) is 0 Å². The molecule has 7 heavy (non-hydrogen) atoms. The number of hydrogen-bond acceptors (Lipinski definition) is 0. The molecular weight excluding hydrogens is 222 g/mol. The molecular formula is C5H10ClI. The van der Waals surface area contributed by atoms with E-state index in [1.165, 1.54) is 28.1 Å². The summed E-state index contributed by atoms with van der Waals surface area (Å²) in [7, 11) is 5.97. The fraction of sp³-hybridized carbons (Fsp3) is 1.00. The van der Waals surface area contributed by atoms with Gasteiger partial charge in [0.1, 0.15) is 0 Å². The van der Waals surface area contributed by atoms with Crippen LogP contribution in [0.4, 0.5) is 0 Å². The SMILES string of the molecule is ClI1CCCCC1. The van der Waals surface area contributed by atoms with E-state index in [4.69, 9.17) is 8.91 Å². The van der Waals surface area contributed by atoms with Crippen LogP contribution in [-0.4, -0.2) is 8.86 Å². The average molecular weight is 232 g/mol. The van der Waals surface area contributed by atoms with Crippen molar-refractivity contribution < 1.29 is 0 Å². The number of alkyl halides is 2. The molecule has 0 unspecified atom stereocenters. The van der Waals surface area contributed by atoms with Crippen LogP contribution in [0.5, 0.6) is 0 Å². The summed E-state index contributed by atoms with van der Waals surface area (Å²) in [5.41, 5.74) is 0. The molecule has 44 valence electrons.